The number of esters is 1. The average molecular weight is 492 g/mol. The van der Waals surface area contributed by atoms with E-state index in [1.165, 1.54) is 28.9 Å². The predicted octanol–water partition coefficient (Wildman–Crippen LogP) is 3.44. The number of carbonyl (C=O) groups excluding carboxylic acids is 2. The average Bonchev–Trinajstić information content (AvgIpc) is 3.22. The fourth-order valence-corrected chi connectivity index (χ4v) is 5.99. The Morgan fingerprint density at radius 2 is 2.03 bits per heavy atom. The van der Waals surface area contributed by atoms with Crippen LogP contribution in [0.25, 0.3) is 16.7 Å². The van der Waals surface area contributed by atoms with Gasteiger partial charge in [-0.3, -0.25) is 19.4 Å². The molecule has 1 aliphatic rings. The van der Waals surface area contributed by atoms with E-state index in [-0.39, 0.29) is 22.0 Å². The molecule has 0 radical (unpaired) electrons. The van der Waals surface area contributed by atoms with Crippen molar-refractivity contribution in [3.05, 3.63) is 67.4 Å². The number of fused-ring (bicyclic) bond motifs is 3. The van der Waals surface area contributed by atoms with Gasteiger partial charge < -0.3 is 14.6 Å². The van der Waals surface area contributed by atoms with Gasteiger partial charge >= 0.3 is 5.97 Å². The molecule has 1 amide bonds. The van der Waals surface area contributed by atoms with E-state index in [4.69, 9.17) is 10.1 Å². The van der Waals surface area contributed by atoms with Gasteiger partial charge in [0.2, 0.25) is 0 Å². The summed E-state index contributed by atoms with van der Waals surface area (Å²) < 4.78 is 8.00. The summed E-state index contributed by atoms with van der Waals surface area (Å²) in [6.45, 7) is 4.06. The molecule has 180 valence electrons. The number of ether oxygens (including phenoxy) is 1. The predicted molar refractivity (Wildman–Crippen MR) is 133 cm³/mol. The molecule has 0 atom stereocenters. The maximum atomic E-state index is 13.4. The smallest absolute Gasteiger partial charge is 0.341 e. The second-order valence-corrected chi connectivity index (χ2v) is 9.66. The highest BCUT2D eigenvalue weighted by Gasteiger charge is 2.28. The minimum atomic E-state index is -0.559. The van der Waals surface area contributed by atoms with Crippen LogP contribution in [0.3, 0.4) is 0 Å². The number of nitrogens with one attached hydrogen (secondary N) is 2. The molecule has 0 unspecified atom stereocenters. The molecule has 9 nitrogen and oxygen atoms in total. The minimum Gasteiger partial charge on any atom is -0.465 e. The number of anilines is 1. The van der Waals surface area contributed by atoms with Crippen molar-refractivity contribution in [2.75, 3.05) is 12.4 Å². The van der Waals surface area contributed by atoms with Crippen molar-refractivity contribution in [1.82, 2.24) is 14.0 Å². The Hall–Kier alpha value is -3.79. The third-order valence-corrected chi connectivity index (χ3v) is 7.69. The zero-order chi connectivity index (χ0) is 24.9. The molecule has 5 rings (SSSR count). The van der Waals surface area contributed by atoms with Gasteiger partial charge in [0.15, 0.2) is 0 Å². The first-order valence-electron chi connectivity index (χ1n) is 11.5. The molecule has 0 saturated carbocycles. The minimum absolute atomic E-state index is 0.0352. The molecular formula is C25H25N5O4S. The Balaban J connectivity index is 1.67. The van der Waals surface area contributed by atoms with Crippen LogP contribution in [0.5, 0.6) is 0 Å². The quantitative estimate of drug-likeness (QED) is 0.335. The lowest BCUT2D eigenvalue weighted by atomic mass is 9.95. The van der Waals surface area contributed by atoms with Crippen LogP contribution in [0.2, 0.25) is 0 Å². The summed E-state index contributed by atoms with van der Waals surface area (Å²) in [5, 5.41) is 12.2. The summed E-state index contributed by atoms with van der Waals surface area (Å²) in [4.78, 5) is 45.1. The van der Waals surface area contributed by atoms with Crippen LogP contribution in [-0.4, -0.2) is 32.9 Å². The molecule has 4 aromatic heterocycles. The van der Waals surface area contributed by atoms with Gasteiger partial charge in [0.25, 0.3) is 11.5 Å². The van der Waals surface area contributed by atoms with E-state index in [1.807, 2.05) is 19.9 Å². The molecule has 10 heteroatoms. The van der Waals surface area contributed by atoms with Gasteiger partial charge in [0.1, 0.15) is 21.8 Å². The first-order chi connectivity index (χ1) is 16.8. The number of methoxy groups -OCH3 is 1. The number of amides is 1. The molecule has 35 heavy (non-hydrogen) atoms. The number of aryl methyl sites for hydroxylation is 3. The number of aromatic nitrogens is 3. The molecule has 0 fully saturated rings. The fraction of sp³-hybridized carbons (Fsp3) is 0.320. The largest absolute Gasteiger partial charge is 0.465 e. The van der Waals surface area contributed by atoms with Crippen molar-refractivity contribution >= 4 is 44.9 Å². The van der Waals surface area contributed by atoms with Crippen LogP contribution in [0.4, 0.5) is 5.00 Å². The van der Waals surface area contributed by atoms with E-state index in [2.05, 4.69) is 10.3 Å². The number of hydrogen-bond acceptors (Lipinski definition) is 7. The lowest BCUT2D eigenvalue weighted by molar-refractivity contribution is 0.0601. The lowest BCUT2D eigenvalue weighted by Crippen LogP contribution is -2.32. The molecule has 1 aliphatic carbocycles. The van der Waals surface area contributed by atoms with Crippen molar-refractivity contribution in [2.45, 2.75) is 46.1 Å². The zero-order valence-corrected chi connectivity index (χ0v) is 20.5. The van der Waals surface area contributed by atoms with E-state index in [0.717, 1.165) is 41.7 Å². The maximum Gasteiger partial charge on any atom is 0.341 e. The Morgan fingerprint density at radius 3 is 2.77 bits per heavy atom. The van der Waals surface area contributed by atoms with E-state index in [9.17, 15) is 14.4 Å². The second kappa shape index (κ2) is 8.77. The molecule has 0 aliphatic heterocycles. The summed E-state index contributed by atoms with van der Waals surface area (Å²) in [7, 11) is 1.32. The molecule has 2 N–H and O–H groups in total. The summed E-state index contributed by atoms with van der Waals surface area (Å²) in [5.41, 5.74) is 2.69. The lowest BCUT2D eigenvalue weighted by Gasteiger charge is -2.14. The van der Waals surface area contributed by atoms with Gasteiger partial charge in [-0.1, -0.05) is 6.07 Å². The van der Waals surface area contributed by atoms with Crippen LogP contribution in [-0.2, 0) is 24.1 Å². The van der Waals surface area contributed by atoms with E-state index >= 15 is 0 Å². The molecule has 0 aromatic carbocycles. The maximum absolute atomic E-state index is 13.4. The topological polar surface area (TPSA) is 119 Å². The van der Waals surface area contributed by atoms with Gasteiger partial charge in [-0.15, -0.1) is 11.3 Å². The van der Waals surface area contributed by atoms with Gasteiger partial charge in [-0.05, 0) is 62.8 Å². The van der Waals surface area contributed by atoms with Gasteiger partial charge in [0, 0.05) is 17.6 Å². The van der Waals surface area contributed by atoms with Gasteiger partial charge in [-0.25, -0.2) is 9.78 Å². The summed E-state index contributed by atoms with van der Waals surface area (Å²) >= 11 is 1.38. The van der Waals surface area contributed by atoms with Crippen LogP contribution >= 0.6 is 11.3 Å². The third-order valence-electron chi connectivity index (χ3n) is 6.48. The standard InChI is InChI=1S/C25H25N5O4S/c1-4-29-19(26)15(12-16-21(29)27-20-13(2)8-7-11-30(20)24(16)32)22(31)28-23-18(25(33)34-3)14-9-5-6-10-17(14)35-23/h7-8,11-12,26H,4-6,9-10H2,1-3H3,(H,28,31). The molecule has 4 heterocycles. The second-order valence-electron chi connectivity index (χ2n) is 8.55. The number of hydrogen-bond donors (Lipinski definition) is 2. The summed E-state index contributed by atoms with van der Waals surface area (Å²) in [6.07, 6.45) is 5.26. The number of carbonyl (C=O) groups is 2. The highest BCUT2D eigenvalue weighted by molar-refractivity contribution is 7.17. The highest BCUT2D eigenvalue weighted by Crippen LogP contribution is 2.38. The highest BCUT2D eigenvalue weighted by atomic mass is 32.1. The molecule has 0 bridgehead atoms. The van der Waals surface area contributed by atoms with Crippen molar-refractivity contribution in [3.63, 3.8) is 0 Å². The molecule has 0 spiro atoms. The fourth-order valence-electron chi connectivity index (χ4n) is 4.72. The van der Waals surface area contributed by atoms with Crippen LogP contribution in [0, 0.1) is 12.3 Å². The van der Waals surface area contributed by atoms with Gasteiger partial charge in [0.05, 0.1) is 23.6 Å². The SMILES string of the molecule is CCn1c(=N)c(C(=O)Nc2sc3c(c2C(=O)OC)CCCC3)cc2c(=O)n3cccc(C)c3nc21. The van der Waals surface area contributed by atoms with Crippen molar-refractivity contribution in [3.8, 4) is 0 Å². The monoisotopic (exact) mass is 491 g/mol. The number of thiophene rings is 1. The molecule has 4 aromatic rings. The van der Waals surface area contributed by atoms with Crippen LogP contribution in [0.15, 0.2) is 29.2 Å². The van der Waals surface area contributed by atoms with Crippen LogP contribution in [0.1, 0.15) is 56.5 Å². The number of pyridine rings is 2. The van der Waals surface area contributed by atoms with E-state index < -0.39 is 11.9 Å². The first-order valence-corrected chi connectivity index (χ1v) is 12.3. The van der Waals surface area contributed by atoms with Crippen molar-refractivity contribution in [1.29, 1.82) is 5.41 Å². The van der Waals surface area contributed by atoms with Crippen molar-refractivity contribution < 1.29 is 14.3 Å². The Kier molecular flexibility index (Phi) is 5.76. The first kappa shape index (κ1) is 23.0. The van der Waals surface area contributed by atoms with Crippen molar-refractivity contribution in [2.24, 2.45) is 0 Å². The van der Waals surface area contributed by atoms with Crippen LogP contribution < -0.4 is 16.4 Å². The number of nitrogens with zero attached hydrogens (tertiary/aromatic N) is 3. The Bertz CT molecular complexity index is 1650. The van der Waals surface area contributed by atoms with Gasteiger partial charge in [-0.2, -0.15) is 0 Å². The normalized spacial score (nSPS) is 13.1. The number of rotatable bonds is 4. The zero-order valence-electron chi connectivity index (χ0n) is 19.7. The Labute approximate surface area is 204 Å². The van der Waals surface area contributed by atoms with E-state index in [0.29, 0.717) is 28.4 Å². The molecule has 0 saturated heterocycles. The van der Waals surface area contributed by atoms with E-state index in [1.54, 1.807) is 16.8 Å². The summed E-state index contributed by atoms with van der Waals surface area (Å²) in [5.74, 6) is -1.05. The summed E-state index contributed by atoms with van der Waals surface area (Å²) in [6, 6.07) is 5.06. The molecular weight excluding hydrogens is 466 g/mol. The third kappa shape index (κ3) is 3.65. The Morgan fingerprint density at radius 1 is 1.26 bits per heavy atom.